The molecule has 0 bridgehead atoms. The monoisotopic (exact) mass is 212 g/mol. The molecule has 1 amide bonds. The van der Waals surface area contributed by atoms with Crippen LogP contribution in [0.25, 0.3) is 0 Å². The lowest BCUT2D eigenvalue weighted by Gasteiger charge is -2.12. The predicted molar refractivity (Wildman–Crippen MR) is 53.0 cm³/mol. The Morgan fingerprint density at radius 2 is 2.47 bits per heavy atom. The highest BCUT2D eigenvalue weighted by Crippen LogP contribution is 2.00. The van der Waals surface area contributed by atoms with Crippen LogP contribution in [0.1, 0.15) is 17.3 Å². The van der Waals surface area contributed by atoms with E-state index in [-0.39, 0.29) is 17.5 Å². The smallest absolute Gasteiger partial charge is 0.251 e. The number of ether oxygens (including phenoxy) is 1. The number of carbonyl (C=O) groups excluding carboxylic acids is 1. The minimum absolute atomic E-state index is 0.112. The van der Waals surface area contributed by atoms with Crippen LogP contribution in [0.4, 0.5) is 4.39 Å². The summed E-state index contributed by atoms with van der Waals surface area (Å²) in [6.07, 6.45) is 1.26. The number of hydrogen-bond donors (Lipinski definition) is 1. The van der Waals surface area contributed by atoms with Crippen LogP contribution in [0.3, 0.4) is 0 Å². The van der Waals surface area contributed by atoms with Gasteiger partial charge in [0.25, 0.3) is 5.91 Å². The Labute approximate surface area is 87.5 Å². The van der Waals surface area contributed by atoms with Crippen LogP contribution in [0.2, 0.25) is 0 Å². The number of nitrogens with zero attached hydrogens (tertiary/aromatic N) is 1. The maximum Gasteiger partial charge on any atom is 0.251 e. The number of nitrogens with one attached hydrogen (secondary N) is 1. The van der Waals surface area contributed by atoms with Gasteiger partial charge in [0.05, 0.1) is 6.61 Å². The zero-order valence-corrected chi connectivity index (χ0v) is 8.66. The quantitative estimate of drug-likeness (QED) is 0.757. The average Bonchev–Trinajstić information content (AvgIpc) is 2.18. The standard InChI is InChI=1S/C10H13FN2O2/c1-7(6-15-2)13-10(14)8-3-4-12-9(11)5-8/h3-5,7H,6H2,1-2H3,(H,13,14). The third kappa shape index (κ3) is 3.63. The fourth-order valence-corrected chi connectivity index (χ4v) is 1.14. The summed E-state index contributed by atoms with van der Waals surface area (Å²) >= 11 is 0. The fourth-order valence-electron chi connectivity index (χ4n) is 1.14. The van der Waals surface area contributed by atoms with Crippen molar-refractivity contribution in [3.05, 3.63) is 29.8 Å². The van der Waals surface area contributed by atoms with Gasteiger partial charge in [-0.3, -0.25) is 4.79 Å². The van der Waals surface area contributed by atoms with Crippen LogP contribution >= 0.6 is 0 Å². The molecule has 5 heteroatoms. The highest BCUT2D eigenvalue weighted by molar-refractivity contribution is 5.94. The molecule has 1 heterocycles. The number of aromatic nitrogens is 1. The van der Waals surface area contributed by atoms with E-state index in [1.54, 1.807) is 14.0 Å². The van der Waals surface area contributed by atoms with Crippen LogP contribution in [0.15, 0.2) is 18.3 Å². The Kier molecular flexibility index (Phi) is 4.17. The number of methoxy groups -OCH3 is 1. The fraction of sp³-hybridized carbons (Fsp3) is 0.400. The van der Waals surface area contributed by atoms with Gasteiger partial charge >= 0.3 is 0 Å². The summed E-state index contributed by atoms with van der Waals surface area (Å²) in [5.74, 6) is -0.997. The molecule has 82 valence electrons. The van der Waals surface area contributed by atoms with Crippen molar-refractivity contribution in [3.8, 4) is 0 Å². The van der Waals surface area contributed by atoms with Gasteiger partial charge in [-0.1, -0.05) is 0 Å². The van der Waals surface area contributed by atoms with Gasteiger partial charge in [-0.15, -0.1) is 0 Å². The lowest BCUT2D eigenvalue weighted by molar-refractivity contribution is 0.0905. The van der Waals surface area contributed by atoms with Gasteiger partial charge in [0.1, 0.15) is 0 Å². The van der Waals surface area contributed by atoms with Crippen molar-refractivity contribution in [2.24, 2.45) is 0 Å². The van der Waals surface area contributed by atoms with Gasteiger partial charge in [-0.2, -0.15) is 4.39 Å². The number of rotatable bonds is 4. The van der Waals surface area contributed by atoms with Crippen molar-refractivity contribution >= 4 is 5.91 Å². The van der Waals surface area contributed by atoms with E-state index in [9.17, 15) is 9.18 Å². The van der Waals surface area contributed by atoms with Crippen LogP contribution < -0.4 is 5.32 Å². The van der Waals surface area contributed by atoms with E-state index in [1.165, 1.54) is 12.3 Å². The molecule has 0 fully saturated rings. The number of pyridine rings is 1. The van der Waals surface area contributed by atoms with E-state index < -0.39 is 5.95 Å². The Morgan fingerprint density at radius 3 is 3.07 bits per heavy atom. The second-order valence-electron chi connectivity index (χ2n) is 3.20. The second-order valence-corrected chi connectivity index (χ2v) is 3.20. The zero-order valence-electron chi connectivity index (χ0n) is 8.66. The molecule has 0 spiro atoms. The Hall–Kier alpha value is -1.49. The highest BCUT2D eigenvalue weighted by atomic mass is 19.1. The van der Waals surface area contributed by atoms with Crippen LogP contribution in [0.5, 0.6) is 0 Å². The first kappa shape index (κ1) is 11.6. The van der Waals surface area contributed by atoms with Crippen molar-refractivity contribution in [2.45, 2.75) is 13.0 Å². The van der Waals surface area contributed by atoms with Crippen molar-refractivity contribution in [1.82, 2.24) is 10.3 Å². The van der Waals surface area contributed by atoms with E-state index in [0.29, 0.717) is 6.61 Å². The molecule has 1 N–H and O–H groups in total. The van der Waals surface area contributed by atoms with Crippen molar-refractivity contribution in [3.63, 3.8) is 0 Å². The molecule has 1 unspecified atom stereocenters. The lowest BCUT2D eigenvalue weighted by atomic mass is 10.2. The molecular formula is C10H13FN2O2. The number of carbonyl (C=O) groups is 1. The maximum absolute atomic E-state index is 12.7. The molecule has 0 saturated carbocycles. The summed E-state index contributed by atoms with van der Waals surface area (Å²) in [5.41, 5.74) is 0.255. The molecule has 0 aromatic carbocycles. The van der Waals surface area contributed by atoms with Gasteiger partial charge < -0.3 is 10.1 Å². The number of hydrogen-bond acceptors (Lipinski definition) is 3. The van der Waals surface area contributed by atoms with Crippen LogP contribution in [-0.4, -0.2) is 30.6 Å². The molecule has 0 aliphatic heterocycles. The van der Waals surface area contributed by atoms with Gasteiger partial charge in [0.2, 0.25) is 5.95 Å². The topological polar surface area (TPSA) is 51.2 Å². The Balaban J connectivity index is 2.61. The molecule has 0 saturated heterocycles. The molecule has 0 radical (unpaired) electrons. The van der Waals surface area contributed by atoms with E-state index in [4.69, 9.17) is 4.74 Å². The molecule has 15 heavy (non-hydrogen) atoms. The summed E-state index contributed by atoms with van der Waals surface area (Å²) in [6, 6.07) is 2.44. The van der Waals surface area contributed by atoms with E-state index in [2.05, 4.69) is 10.3 Å². The lowest BCUT2D eigenvalue weighted by Crippen LogP contribution is -2.35. The minimum atomic E-state index is -0.665. The van der Waals surface area contributed by atoms with Crippen molar-refractivity contribution in [2.75, 3.05) is 13.7 Å². The summed E-state index contributed by atoms with van der Waals surface area (Å²) in [5, 5.41) is 2.67. The van der Waals surface area contributed by atoms with E-state index in [0.717, 1.165) is 6.07 Å². The van der Waals surface area contributed by atoms with Gasteiger partial charge in [-0.05, 0) is 13.0 Å². The van der Waals surface area contributed by atoms with Gasteiger partial charge in [-0.25, -0.2) is 4.98 Å². The third-order valence-corrected chi connectivity index (χ3v) is 1.78. The van der Waals surface area contributed by atoms with E-state index >= 15 is 0 Å². The normalized spacial score (nSPS) is 12.2. The molecule has 4 nitrogen and oxygen atoms in total. The third-order valence-electron chi connectivity index (χ3n) is 1.78. The summed E-state index contributed by atoms with van der Waals surface area (Å²) < 4.78 is 17.6. The first-order valence-corrected chi connectivity index (χ1v) is 4.55. The van der Waals surface area contributed by atoms with Crippen molar-refractivity contribution < 1.29 is 13.9 Å². The molecule has 0 aliphatic carbocycles. The van der Waals surface area contributed by atoms with E-state index in [1.807, 2.05) is 0 Å². The summed E-state index contributed by atoms with van der Waals surface area (Å²) in [4.78, 5) is 14.9. The van der Waals surface area contributed by atoms with Gasteiger partial charge in [0.15, 0.2) is 0 Å². The molecule has 1 aromatic heterocycles. The van der Waals surface area contributed by atoms with Gasteiger partial charge in [0, 0.05) is 31.0 Å². The largest absolute Gasteiger partial charge is 0.383 e. The summed E-state index contributed by atoms with van der Waals surface area (Å²) in [6.45, 7) is 2.22. The highest BCUT2D eigenvalue weighted by Gasteiger charge is 2.09. The molecule has 1 aromatic rings. The molecule has 0 aliphatic rings. The zero-order chi connectivity index (χ0) is 11.3. The molecule has 1 rings (SSSR count). The Bertz CT molecular complexity index is 344. The predicted octanol–water partition coefficient (Wildman–Crippen LogP) is 0.985. The minimum Gasteiger partial charge on any atom is -0.383 e. The number of halogens is 1. The average molecular weight is 212 g/mol. The van der Waals surface area contributed by atoms with Crippen LogP contribution in [0, 0.1) is 5.95 Å². The van der Waals surface area contributed by atoms with Crippen molar-refractivity contribution in [1.29, 1.82) is 0 Å². The first-order chi connectivity index (χ1) is 7.13. The molecule has 1 atom stereocenters. The maximum atomic E-state index is 12.7. The summed E-state index contributed by atoms with van der Waals surface area (Å²) in [7, 11) is 1.55. The second kappa shape index (κ2) is 5.41. The number of amides is 1. The Morgan fingerprint density at radius 1 is 1.73 bits per heavy atom. The van der Waals surface area contributed by atoms with Crippen LogP contribution in [-0.2, 0) is 4.74 Å². The SMILES string of the molecule is COCC(C)NC(=O)c1ccnc(F)c1. The first-order valence-electron chi connectivity index (χ1n) is 4.55. The molecular weight excluding hydrogens is 199 g/mol.